The summed E-state index contributed by atoms with van der Waals surface area (Å²) < 4.78 is 6.27. The van der Waals surface area contributed by atoms with E-state index in [-0.39, 0.29) is 11.5 Å². The van der Waals surface area contributed by atoms with Crippen LogP contribution in [0.15, 0.2) is 95.5 Å². The number of aromatic nitrogens is 1. The third-order valence-electron chi connectivity index (χ3n) is 8.09. The maximum Gasteiger partial charge on any atom is 0.136 e. The summed E-state index contributed by atoms with van der Waals surface area (Å²) in [4.78, 5) is 9.85. The van der Waals surface area contributed by atoms with Gasteiger partial charge in [0.2, 0.25) is 0 Å². The molecular formula is C33H28N2OS. The minimum absolute atomic E-state index is 0.104. The molecule has 1 atom stereocenters. The fourth-order valence-corrected chi connectivity index (χ4v) is 6.83. The lowest BCUT2D eigenvalue weighted by molar-refractivity contribution is 0.461. The zero-order valence-corrected chi connectivity index (χ0v) is 22.3. The maximum atomic E-state index is 6.27. The first-order chi connectivity index (χ1) is 17.9. The molecule has 0 amide bonds. The predicted molar refractivity (Wildman–Crippen MR) is 156 cm³/mol. The molecule has 1 unspecified atom stereocenters. The molecule has 37 heavy (non-hydrogen) atoms. The molecule has 0 aliphatic carbocycles. The second-order valence-corrected chi connectivity index (χ2v) is 11.8. The molecule has 182 valence electrons. The van der Waals surface area contributed by atoms with Crippen LogP contribution >= 0.6 is 11.3 Å². The van der Waals surface area contributed by atoms with Crippen LogP contribution in [0, 0.1) is 6.92 Å². The van der Waals surface area contributed by atoms with Gasteiger partial charge in [-0.3, -0.25) is 0 Å². The first kappa shape index (κ1) is 22.3. The molecule has 0 radical (unpaired) electrons. The van der Waals surface area contributed by atoms with Crippen molar-refractivity contribution in [1.29, 1.82) is 0 Å². The number of pyridine rings is 1. The van der Waals surface area contributed by atoms with Crippen LogP contribution in [0.25, 0.3) is 43.5 Å². The van der Waals surface area contributed by atoms with E-state index in [1.165, 1.54) is 37.7 Å². The van der Waals surface area contributed by atoms with E-state index in [0.717, 1.165) is 27.8 Å². The van der Waals surface area contributed by atoms with Crippen molar-refractivity contribution in [2.45, 2.75) is 39.2 Å². The van der Waals surface area contributed by atoms with Gasteiger partial charge in [0.25, 0.3) is 0 Å². The van der Waals surface area contributed by atoms with Gasteiger partial charge in [0.1, 0.15) is 17.0 Å². The highest BCUT2D eigenvalue weighted by atomic mass is 32.1. The third kappa shape index (κ3) is 3.29. The van der Waals surface area contributed by atoms with Gasteiger partial charge in [0.05, 0.1) is 5.69 Å². The minimum Gasteiger partial charge on any atom is -0.456 e. The number of benzene rings is 3. The summed E-state index contributed by atoms with van der Waals surface area (Å²) in [6.45, 7) is 9.23. The van der Waals surface area contributed by atoms with Crippen LogP contribution in [0.3, 0.4) is 0 Å². The Bertz CT molecular complexity index is 1790. The van der Waals surface area contributed by atoms with Crippen LogP contribution in [0.1, 0.15) is 31.2 Å². The number of para-hydroxylation sites is 1. The Labute approximate surface area is 221 Å². The Balaban J connectivity index is 1.52. The Morgan fingerprint density at radius 3 is 2.41 bits per heavy atom. The zero-order valence-electron chi connectivity index (χ0n) is 21.4. The summed E-state index contributed by atoms with van der Waals surface area (Å²) in [5.41, 5.74) is 8.08. The fraction of sp³-hybridized carbons (Fsp3) is 0.182. The monoisotopic (exact) mass is 500 g/mol. The van der Waals surface area contributed by atoms with Crippen molar-refractivity contribution in [1.82, 2.24) is 4.98 Å². The van der Waals surface area contributed by atoms with E-state index in [2.05, 4.69) is 99.3 Å². The number of thiophene rings is 1. The van der Waals surface area contributed by atoms with Crippen LogP contribution in [-0.4, -0.2) is 11.0 Å². The van der Waals surface area contributed by atoms with E-state index >= 15 is 0 Å². The first-order valence-electron chi connectivity index (χ1n) is 12.8. The van der Waals surface area contributed by atoms with Gasteiger partial charge in [0, 0.05) is 43.7 Å². The van der Waals surface area contributed by atoms with E-state index in [9.17, 15) is 0 Å². The highest BCUT2D eigenvalue weighted by Crippen LogP contribution is 2.56. The molecule has 3 aromatic carbocycles. The van der Waals surface area contributed by atoms with E-state index in [4.69, 9.17) is 9.40 Å². The second kappa shape index (κ2) is 8.06. The third-order valence-corrected chi connectivity index (χ3v) is 9.12. The van der Waals surface area contributed by atoms with Gasteiger partial charge >= 0.3 is 0 Å². The number of fused-ring (bicyclic) bond motifs is 4. The van der Waals surface area contributed by atoms with Crippen LogP contribution < -0.4 is 4.90 Å². The van der Waals surface area contributed by atoms with Crippen LogP contribution in [-0.2, 0) is 5.41 Å². The fourth-order valence-electron chi connectivity index (χ4n) is 5.94. The summed E-state index contributed by atoms with van der Waals surface area (Å²) >= 11 is 1.85. The normalized spacial score (nSPS) is 16.5. The summed E-state index contributed by atoms with van der Waals surface area (Å²) in [6, 6.07) is 30.4. The molecule has 4 heteroatoms. The maximum absolute atomic E-state index is 6.27. The lowest BCUT2D eigenvalue weighted by Gasteiger charge is -2.31. The number of anilines is 2. The number of furan rings is 1. The average Bonchev–Trinajstić information content (AvgIpc) is 3.57. The lowest BCUT2D eigenvalue weighted by Crippen LogP contribution is -2.36. The van der Waals surface area contributed by atoms with Crippen molar-refractivity contribution >= 4 is 44.8 Å². The molecule has 6 aromatic rings. The topological polar surface area (TPSA) is 29.3 Å². The number of nitrogens with zero attached hydrogens (tertiary/aromatic N) is 2. The summed E-state index contributed by atoms with van der Waals surface area (Å²) in [5.74, 6) is 0.987. The van der Waals surface area contributed by atoms with Gasteiger partial charge < -0.3 is 9.32 Å². The molecule has 0 spiro atoms. The minimum atomic E-state index is -0.104. The largest absolute Gasteiger partial charge is 0.456 e. The average molecular weight is 501 g/mol. The SMILES string of the molecule is Cc1ccc(-c2ccc(-c3ccc4c(c3)oc3ccccc34)c3c2N(c2ccccn2)C(C)C3(C)C)s1. The molecule has 0 N–H and O–H groups in total. The molecule has 7 rings (SSSR count). The second-order valence-electron chi connectivity index (χ2n) is 10.6. The number of hydrogen-bond donors (Lipinski definition) is 0. The summed E-state index contributed by atoms with van der Waals surface area (Å²) in [5, 5.41) is 2.32. The van der Waals surface area contributed by atoms with Crippen LogP contribution in [0.4, 0.5) is 11.5 Å². The van der Waals surface area contributed by atoms with Gasteiger partial charge in [0.15, 0.2) is 0 Å². The molecule has 1 aliphatic heterocycles. The van der Waals surface area contributed by atoms with Crippen molar-refractivity contribution in [2.75, 3.05) is 4.90 Å². The quantitative estimate of drug-likeness (QED) is 0.242. The molecule has 0 saturated carbocycles. The first-order valence-corrected chi connectivity index (χ1v) is 13.6. The summed E-state index contributed by atoms with van der Waals surface area (Å²) in [7, 11) is 0. The van der Waals surface area contributed by atoms with Crippen LogP contribution in [0.2, 0.25) is 0 Å². The van der Waals surface area contributed by atoms with E-state index in [1.807, 2.05) is 35.7 Å². The highest BCUT2D eigenvalue weighted by molar-refractivity contribution is 7.15. The van der Waals surface area contributed by atoms with Gasteiger partial charge in [-0.05, 0) is 73.0 Å². The molecule has 3 aromatic heterocycles. The standard InChI is InChI=1S/C33H28N2OS/c1-20-12-17-29(37-20)26-16-15-23(22-13-14-25-24-9-5-6-10-27(24)36-28(25)19-22)31-32(26)35(21(2)33(31,3)4)30-11-7-8-18-34-30/h5-19,21H,1-4H3. The Kier molecular flexibility index (Phi) is 4.86. The van der Waals surface area contributed by atoms with Gasteiger partial charge in [-0.2, -0.15) is 0 Å². The zero-order chi connectivity index (χ0) is 25.3. The predicted octanol–water partition coefficient (Wildman–Crippen LogP) is 9.50. The molecule has 3 nitrogen and oxygen atoms in total. The van der Waals surface area contributed by atoms with Crippen LogP contribution in [0.5, 0.6) is 0 Å². The number of rotatable bonds is 3. The van der Waals surface area contributed by atoms with Crippen molar-refractivity contribution < 1.29 is 4.42 Å². The molecular weight excluding hydrogens is 472 g/mol. The summed E-state index contributed by atoms with van der Waals surface area (Å²) in [6.07, 6.45) is 1.89. The van der Waals surface area contributed by atoms with Crippen molar-refractivity contribution in [3.05, 3.63) is 102 Å². The number of aryl methyl sites for hydroxylation is 1. The van der Waals surface area contributed by atoms with Gasteiger partial charge in [-0.1, -0.05) is 56.3 Å². The Morgan fingerprint density at radius 1 is 0.838 bits per heavy atom. The van der Waals surface area contributed by atoms with Crippen molar-refractivity contribution in [3.63, 3.8) is 0 Å². The molecule has 1 aliphatic rings. The van der Waals surface area contributed by atoms with E-state index < -0.39 is 0 Å². The number of hydrogen-bond acceptors (Lipinski definition) is 4. The lowest BCUT2D eigenvalue weighted by atomic mass is 9.77. The highest BCUT2D eigenvalue weighted by Gasteiger charge is 2.46. The smallest absolute Gasteiger partial charge is 0.136 e. The van der Waals surface area contributed by atoms with Crippen molar-refractivity contribution in [3.8, 4) is 21.6 Å². The Hall–Kier alpha value is -3.89. The van der Waals surface area contributed by atoms with Crippen molar-refractivity contribution in [2.24, 2.45) is 0 Å². The molecule has 4 heterocycles. The Morgan fingerprint density at radius 2 is 1.62 bits per heavy atom. The van der Waals surface area contributed by atoms with E-state index in [1.54, 1.807) is 0 Å². The van der Waals surface area contributed by atoms with E-state index in [0.29, 0.717) is 0 Å². The molecule has 0 fully saturated rings. The van der Waals surface area contributed by atoms with Gasteiger partial charge in [-0.15, -0.1) is 11.3 Å². The molecule has 0 saturated heterocycles. The molecule has 0 bridgehead atoms. The van der Waals surface area contributed by atoms with Gasteiger partial charge in [-0.25, -0.2) is 4.98 Å².